The standard InChI is InChI=1S/C16H25NO5/c1-3-4-6-13(18)7-8-15(20)22-10-5-9-17-14(19)11-12(2)16(17)21/h12H,3-11H2,1-2H3. The van der Waals surface area contributed by atoms with Crippen LogP contribution in [0.4, 0.5) is 0 Å². The maximum absolute atomic E-state index is 11.7. The number of hydrogen-bond donors (Lipinski definition) is 0. The Morgan fingerprint density at radius 1 is 1.18 bits per heavy atom. The van der Waals surface area contributed by atoms with Crippen molar-refractivity contribution in [3.05, 3.63) is 0 Å². The van der Waals surface area contributed by atoms with E-state index in [1.165, 1.54) is 4.90 Å². The minimum Gasteiger partial charge on any atom is -0.466 e. The van der Waals surface area contributed by atoms with E-state index in [1.807, 2.05) is 6.92 Å². The van der Waals surface area contributed by atoms with Gasteiger partial charge in [-0.3, -0.25) is 24.1 Å². The highest BCUT2D eigenvalue weighted by Gasteiger charge is 2.34. The minimum atomic E-state index is -0.405. The predicted octanol–water partition coefficient (Wildman–Crippen LogP) is 1.85. The average molecular weight is 311 g/mol. The summed E-state index contributed by atoms with van der Waals surface area (Å²) in [6.45, 7) is 4.19. The van der Waals surface area contributed by atoms with Gasteiger partial charge in [0.05, 0.1) is 13.0 Å². The van der Waals surface area contributed by atoms with E-state index in [2.05, 4.69) is 0 Å². The van der Waals surface area contributed by atoms with Crippen LogP contribution in [-0.2, 0) is 23.9 Å². The molecule has 0 aromatic heterocycles. The molecule has 0 radical (unpaired) electrons. The SMILES string of the molecule is CCCCC(=O)CCC(=O)OCCCN1C(=O)CC(C)C1=O. The number of hydrogen-bond acceptors (Lipinski definition) is 5. The zero-order chi connectivity index (χ0) is 16.5. The number of likely N-dealkylation sites (tertiary alicyclic amines) is 1. The van der Waals surface area contributed by atoms with Gasteiger partial charge in [0.1, 0.15) is 5.78 Å². The van der Waals surface area contributed by atoms with Gasteiger partial charge in [-0.2, -0.15) is 0 Å². The van der Waals surface area contributed by atoms with Crippen LogP contribution in [0, 0.1) is 5.92 Å². The molecule has 0 aromatic rings. The first-order chi connectivity index (χ1) is 10.5. The first-order valence-corrected chi connectivity index (χ1v) is 7.97. The highest BCUT2D eigenvalue weighted by Crippen LogP contribution is 2.18. The fourth-order valence-corrected chi connectivity index (χ4v) is 2.30. The Kier molecular flexibility index (Phi) is 7.77. The smallest absolute Gasteiger partial charge is 0.306 e. The van der Waals surface area contributed by atoms with Crippen molar-refractivity contribution in [2.75, 3.05) is 13.2 Å². The molecular formula is C16H25NO5. The van der Waals surface area contributed by atoms with Crippen LogP contribution >= 0.6 is 0 Å². The summed E-state index contributed by atoms with van der Waals surface area (Å²) in [5.74, 6) is -0.884. The van der Waals surface area contributed by atoms with E-state index < -0.39 is 5.97 Å². The molecule has 1 heterocycles. The second-order valence-corrected chi connectivity index (χ2v) is 5.71. The summed E-state index contributed by atoms with van der Waals surface area (Å²) in [6.07, 6.45) is 3.34. The quantitative estimate of drug-likeness (QED) is 0.349. The Bertz CT molecular complexity index is 432. The second-order valence-electron chi connectivity index (χ2n) is 5.71. The lowest BCUT2D eigenvalue weighted by Crippen LogP contribution is -2.32. The number of imide groups is 1. The fourth-order valence-electron chi connectivity index (χ4n) is 2.30. The monoisotopic (exact) mass is 311 g/mol. The largest absolute Gasteiger partial charge is 0.466 e. The molecule has 124 valence electrons. The van der Waals surface area contributed by atoms with Crippen LogP contribution in [0.15, 0.2) is 0 Å². The Balaban J connectivity index is 2.11. The van der Waals surface area contributed by atoms with E-state index in [0.29, 0.717) is 12.8 Å². The number of rotatable bonds is 10. The molecule has 0 spiro atoms. The van der Waals surface area contributed by atoms with Crippen molar-refractivity contribution in [1.29, 1.82) is 0 Å². The Hall–Kier alpha value is -1.72. The minimum absolute atomic E-state index is 0.0843. The maximum Gasteiger partial charge on any atom is 0.306 e. The van der Waals surface area contributed by atoms with Crippen molar-refractivity contribution in [2.45, 2.75) is 58.8 Å². The molecule has 1 unspecified atom stereocenters. The van der Waals surface area contributed by atoms with Crippen molar-refractivity contribution >= 4 is 23.6 Å². The van der Waals surface area contributed by atoms with Gasteiger partial charge in [-0.25, -0.2) is 0 Å². The third-order valence-corrected chi connectivity index (χ3v) is 3.68. The number of nitrogens with zero attached hydrogens (tertiary/aromatic N) is 1. The number of unbranched alkanes of at least 4 members (excludes halogenated alkanes) is 1. The molecule has 1 saturated heterocycles. The number of ketones is 1. The van der Waals surface area contributed by atoms with Gasteiger partial charge in [-0.05, 0) is 12.8 Å². The van der Waals surface area contributed by atoms with E-state index in [-0.39, 0.29) is 55.9 Å². The number of esters is 1. The first-order valence-electron chi connectivity index (χ1n) is 7.97. The number of carbonyl (C=O) groups excluding carboxylic acids is 4. The summed E-state index contributed by atoms with van der Waals surface area (Å²) >= 11 is 0. The molecule has 1 atom stereocenters. The molecule has 6 heteroatoms. The number of amides is 2. The Morgan fingerprint density at radius 3 is 2.50 bits per heavy atom. The summed E-state index contributed by atoms with van der Waals surface area (Å²) in [7, 11) is 0. The molecule has 1 aliphatic rings. The van der Waals surface area contributed by atoms with Crippen LogP contribution in [-0.4, -0.2) is 41.6 Å². The number of Topliss-reactive ketones (excluding diaryl/α,β-unsaturated/α-hetero) is 1. The van der Waals surface area contributed by atoms with Crippen LogP contribution in [0.2, 0.25) is 0 Å². The maximum atomic E-state index is 11.7. The van der Waals surface area contributed by atoms with Crippen LogP contribution in [0.25, 0.3) is 0 Å². The zero-order valence-electron chi connectivity index (χ0n) is 13.4. The lowest BCUT2D eigenvalue weighted by Gasteiger charge is -2.14. The topological polar surface area (TPSA) is 80.8 Å². The van der Waals surface area contributed by atoms with Gasteiger partial charge in [-0.15, -0.1) is 0 Å². The third kappa shape index (κ3) is 5.95. The molecule has 1 fully saturated rings. The molecule has 0 bridgehead atoms. The van der Waals surface area contributed by atoms with E-state index in [9.17, 15) is 19.2 Å². The summed E-state index contributed by atoms with van der Waals surface area (Å²) < 4.78 is 5.01. The molecule has 22 heavy (non-hydrogen) atoms. The molecular weight excluding hydrogens is 286 g/mol. The highest BCUT2D eigenvalue weighted by atomic mass is 16.5. The third-order valence-electron chi connectivity index (χ3n) is 3.68. The molecule has 0 saturated carbocycles. The van der Waals surface area contributed by atoms with E-state index >= 15 is 0 Å². The van der Waals surface area contributed by atoms with Crippen molar-refractivity contribution in [3.63, 3.8) is 0 Å². The zero-order valence-corrected chi connectivity index (χ0v) is 13.4. The normalized spacial score (nSPS) is 17.9. The van der Waals surface area contributed by atoms with Gasteiger partial charge in [-0.1, -0.05) is 20.3 Å². The summed E-state index contributed by atoms with van der Waals surface area (Å²) in [4.78, 5) is 47.3. The average Bonchev–Trinajstić information content (AvgIpc) is 2.73. The Morgan fingerprint density at radius 2 is 1.91 bits per heavy atom. The fraction of sp³-hybridized carbons (Fsp3) is 0.750. The van der Waals surface area contributed by atoms with E-state index in [4.69, 9.17) is 4.74 Å². The molecule has 0 N–H and O–H groups in total. The number of carbonyl (C=O) groups is 4. The van der Waals surface area contributed by atoms with Gasteiger partial charge in [0.15, 0.2) is 0 Å². The summed E-state index contributed by atoms with van der Waals surface area (Å²) in [5.41, 5.74) is 0. The van der Waals surface area contributed by atoms with Gasteiger partial charge in [0, 0.05) is 31.7 Å². The van der Waals surface area contributed by atoms with Gasteiger partial charge in [0.2, 0.25) is 11.8 Å². The lowest BCUT2D eigenvalue weighted by molar-refractivity contribution is -0.145. The first kappa shape index (κ1) is 18.3. The van der Waals surface area contributed by atoms with Crippen molar-refractivity contribution in [1.82, 2.24) is 4.90 Å². The van der Waals surface area contributed by atoms with Gasteiger partial charge < -0.3 is 4.74 Å². The van der Waals surface area contributed by atoms with Crippen molar-refractivity contribution < 1.29 is 23.9 Å². The van der Waals surface area contributed by atoms with Crippen LogP contribution in [0.5, 0.6) is 0 Å². The molecule has 0 aliphatic carbocycles. The Labute approximate surface area is 131 Å². The second kappa shape index (κ2) is 9.33. The molecule has 2 amide bonds. The van der Waals surface area contributed by atoms with Gasteiger partial charge >= 0.3 is 5.97 Å². The van der Waals surface area contributed by atoms with E-state index in [0.717, 1.165) is 12.8 Å². The predicted molar refractivity (Wildman–Crippen MR) is 79.8 cm³/mol. The van der Waals surface area contributed by atoms with Gasteiger partial charge in [0.25, 0.3) is 0 Å². The number of ether oxygens (including phenoxy) is 1. The van der Waals surface area contributed by atoms with Crippen molar-refractivity contribution in [3.8, 4) is 0 Å². The molecule has 0 aromatic carbocycles. The van der Waals surface area contributed by atoms with Crippen LogP contribution in [0.1, 0.15) is 58.8 Å². The van der Waals surface area contributed by atoms with Crippen LogP contribution < -0.4 is 0 Å². The summed E-state index contributed by atoms with van der Waals surface area (Å²) in [6, 6.07) is 0. The van der Waals surface area contributed by atoms with Crippen LogP contribution in [0.3, 0.4) is 0 Å². The molecule has 1 rings (SSSR count). The highest BCUT2D eigenvalue weighted by molar-refractivity contribution is 6.03. The van der Waals surface area contributed by atoms with E-state index in [1.54, 1.807) is 6.92 Å². The summed E-state index contributed by atoms with van der Waals surface area (Å²) in [5, 5.41) is 0. The molecule has 6 nitrogen and oxygen atoms in total. The van der Waals surface area contributed by atoms with Crippen molar-refractivity contribution in [2.24, 2.45) is 5.92 Å². The lowest BCUT2D eigenvalue weighted by atomic mass is 10.1. The molecule has 1 aliphatic heterocycles.